The number of hydrogen-bond acceptors (Lipinski definition) is 6. The Bertz CT molecular complexity index is 284. The van der Waals surface area contributed by atoms with Crippen molar-refractivity contribution < 1.29 is 35.4 Å². The van der Waals surface area contributed by atoms with Gasteiger partial charge in [0.1, 0.15) is 18.3 Å². The Morgan fingerprint density at radius 2 is 1.65 bits per heavy atom. The van der Waals surface area contributed by atoms with Gasteiger partial charge in [0.2, 0.25) is 0 Å². The normalized spacial score (nSPS) is 19.1. The molecule has 0 radical (unpaired) electrons. The number of carbonyl (C=O) groups is 1. The molecule has 0 spiro atoms. The Morgan fingerprint density at radius 3 is 2.10 bits per heavy atom. The van der Waals surface area contributed by atoms with Crippen LogP contribution in [0, 0.1) is 0 Å². The fourth-order valence-corrected chi connectivity index (χ4v) is 1.98. The second-order valence-electron chi connectivity index (χ2n) is 5.08. The van der Waals surface area contributed by atoms with Crippen LogP contribution in [0.3, 0.4) is 0 Å². The average Bonchev–Trinajstić information content (AvgIpc) is 2.43. The maximum atomic E-state index is 11.1. The summed E-state index contributed by atoms with van der Waals surface area (Å²) < 4.78 is 0. The Balaban J connectivity index is 4.61. The molecule has 6 N–H and O–H groups in total. The van der Waals surface area contributed by atoms with Gasteiger partial charge in [-0.1, -0.05) is 32.6 Å². The Morgan fingerprint density at radius 1 is 1.10 bits per heavy atom. The van der Waals surface area contributed by atoms with Crippen molar-refractivity contribution in [3.05, 3.63) is 0 Å². The molecule has 0 aromatic rings. The topological polar surface area (TPSA) is 138 Å². The van der Waals surface area contributed by atoms with Crippen molar-refractivity contribution >= 4 is 5.97 Å². The molecule has 0 rings (SSSR count). The number of unbranched alkanes of at least 4 members (excludes halogenated alkanes) is 4. The molecular weight excluding hydrogens is 268 g/mol. The first-order valence-corrected chi connectivity index (χ1v) is 6.92. The summed E-state index contributed by atoms with van der Waals surface area (Å²) in [6.07, 6.45) is -1.96. The molecule has 0 heterocycles. The fourth-order valence-electron chi connectivity index (χ4n) is 1.98. The van der Waals surface area contributed by atoms with Gasteiger partial charge in [0.25, 0.3) is 0 Å². The second-order valence-corrected chi connectivity index (χ2v) is 5.08. The first-order valence-electron chi connectivity index (χ1n) is 6.92. The van der Waals surface area contributed by atoms with Crippen LogP contribution in [0.5, 0.6) is 0 Å². The molecule has 20 heavy (non-hydrogen) atoms. The third-order valence-electron chi connectivity index (χ3n) is 3.43. The zero-order valence-corrected chi connectivity index (χ0v) is 11.8. The number of aliphatic hydroxyl groups is 5. The Hall–Kier alpha value is -0.730. The smallest absolute Gasteiger partial charge is 0.338 e. The van der Waals surface area contributed by atoms with Gasteiger partial charge in [-0.05, 0) is 12.8 Å². The SMILES string of the molecule is CCCCCCC[C@](O)(C(=O)O)[C@@H](O)[C@H](O)[C@H](O)CO. The van der Waals surface area contributed by atoms with Gasteiger partial charge >= 0.3 is 5.97 Å². The third-order valence-corrected chi connectivity index (χ3v) is 3.43. The molecule has 7 heteroatoms. The molecule has 0 aliphatic rings. The molecule has 0 unspecified atom stereocenters. The minimum absolute atomic E-state index is 0.234. The van der Waals surface area contributed by atoms with E-state index in [4.69, 9.17) is 10.2 Å². The molecule has 0 aromatic heterocycles. The summed E-state index contributed by atoms with van der Waals surface area (Å²) in [5.74, 6) is -1.66. The van der Waals surface area contributed by atoms with Gasteiger partial charge in [0.05, 0.1) is 6.61 Å². The van der Waals surface area contributed by atoms with Gasteiger partial charge in [0, 0.05) is 0 Å². The number of rotatable bonds is 11. The number of carboxylic acids is 1. The minimum atomic E-state index is -2.54. The Labute approximate surface area is 118 Å². The van der Waals surface area contributed by atoms with Crippen LogP contribution >= 0.6 is 0 Å². The van der Waals surface area contributed by atoms with E-state index in [0.29, 0.717) is 12.8 Å². The Kier molecular flexibility index (Phi) is 8.91. The van der Waals surface area contributed by atoms with E-state index < -0.39 is 36.5 Å². The van der Waals surface area contributed by atoms with Crippen molar-refractivity contribution in [1.29, 1.82) is 0 Å². The number of aliphatic hydroxyl groups excluding tert-OH is 4. The van der Waals surface area contributed by atoms with Crippen LogP contribution < -0.4 is 0 Å². The highest BCUT2D eigenvalue weighted by Crippen LogP contribution is 2.24. The summed E-state index contributed by atoms with van der Waals surface area (Å²) in [6, 6.07) is 0. The summed E-state index contributed by atoms with van der Waals surface area (Å²) in [6.45, 7) is 1.19. The maximum absolute atomic E-state index is 11.1. The molecular formula is C13H26O7. The van der Waals surface area contributed by atoms with E-state index in [1.165, 1.54) is 0 Å². The lowest BCUT2D eigenvalue weighted by molar-refractivity contribution is -0.192. The van der Waals surface area contributed by atoms with Crippen molar-refractivity contribution in [1.82, 2.24) is 0 Å². The lowest BCUT2D eigenvalue weighted by atomic mass is 9.85. The number of aliphatic carboxylic acids is 1. The largest absolute Gasteiger partial charge is 0.479 e. The highest BCUT2D eigenvalue weighted by atomic mass is 16.4. The van der Waals surface area contributed by atoms with Crippen molar-refractivity contribution in [2.45, 2.75) is 69.4 Å². The van der Waals surface area contributed by atoms with Gasteiger partial charge < -0.3 is 30.6 Å². The van der Waals surface area contributed by atoms with E-state index in [9.17, 15) is 25.2 Å². The third kappa shape index (κ3) is 5.34. The van der Waals surface area contributed by atoms with E-state index in [0.717, 1.165) is 19.3 Å². The van der Waals surface area contributed by atoms with Crippen LogP contribution in [0.2, 0.25) is 0 Å². The quantitative estimate of drug-likeness (QED) is 0.275. The summed E-state index contributed by atoms with van der Waals surface area (Å²) in [5, 5.41) is 56.3. The van der Waals surface area contributed by atoms with Crippen LogP contribution in [0.4, 0.5) is 0 Å². The monoisotopic (exact) mass is 294 g/mol. The minimum Gasteiger partial charge on any atom is -0.479 e. The fraction of sp³-hybridized carbons (Fsp3) is 0.923. The highest BCUT2D eigenvalue weighted by molar-refractivity contribution is 5.78. The van der Waals surface area contributed by atoms with Crippen molar-refractivity contribution in [2.24, 2.45) is 0 Å². The molecule has 0 fully saturated rings. The first-order chi connectivity index (χ1) is 9.31. The van der Waals surface area contributed by atoms with Crippen LogP contribution in [0.1, 0.15) is 45.4 Å². The zero-order valence-electron chi connectivity index (χ0n) is 11.8. The predicted octanol–water partition coefficient (Wildman–Crippen LogP) is -0.762. The van der Waals surface area contributed by atoms with Crippen LogP contribution in [0.15, 0.2) is 0 Å². The molecule has 0 aliphatic heterocycles. The lowest BCUT2D eigenvalue weighted by Gasteiger charge is -2.33. The van der Waals surface area contributed by atoms with Crippen LogP contribution in [-0.2, 0) is 4.79 Å². The van der Waals surface area contributed by atoms with E-state index in [1.807, 2.05) is 6.92 Å². The number of carboxylic acid groups (broad SMARTS) is 1. The number of hydrogen-bond donors (Lipinski definition) is 6. The molecule has 120 valence electrons. The molecule has 0 amide bonds. The van der Waals surface area contributed by atoms with Crippen molar-refractivity contribution in [2.75, 3.05) is 6.61 Å². The molecule has 0 saturated heterocycles. The summed E-state index contributed by atoms with van der Waals surface area (Å²) >= 11 is 0. The molecule has 0 saturated carbocycles. The van der Waals surface area contributed by atoms with Gasteiger partial charge in [-0.2, -0.15) is 0 Å². The molecule has 7 nitrogen and oxygen atoms in total. The van der Waals surface area contributed by atoms with Crippen molar-refractivity contribution in [3.8, 4) is 0 Å². The summed E-state index contributed by atoms with van der Waals surface area (Å²) in [7, 11) is 0. The standard InChI is InChI=1S/C13H26O7/c1-2-3-4-5-6-7-13(20,12(18)19)11(17)10(16)9(15)8-14/h9-11,14-17,20H,2-8H2,1H3,(H,18,19)/t9-,10-,11+,13-/m1/s1. The zero-order chi connectivity index (χ0) is 15.8. The first kappa shape index (κ1) is 19.3. The lowest BCUT2D eigenvalue weighted by Crippen LogP contribution is -2.58. The second kappa shape index (κ2) is 9.25. The van der Waals surface area contributed by atoms with Gasteiger partial charge in [0.15, 0.2) is 5.60 Å². The molecule has 0 aliphatic carbocycles. The maximum Gasteiger partial charge on any atom is 0.338 e. The molecule has 4 atom stereocenters. The molecule has 0 bridgehead atoms. The van der Waals surface area contributed by atoms with E-state index in [-0.39, 0.29) is 6.42 Å². The summed E-state index contributed by atoms with van der Waals surface area (Å²) in [5.41, 5.74) is -2.54. The van der Waals surface area contributed by atoms with Gasteiger partial charge in [-0.3, -0.25) is 0 Å². The molecule has 0 aromatic carbocycles. The average molecular weight is 294 g/mol. The highest BCUT2D eigenvalue weighted by Gasteiger charge is 2.47. The van der Waals surface area contributed by atoms with Crippen LogP contribution in [-0.4, -0.2) is 67.1 Å². The van der Waals surface area contributed by atoms with Gasteiger partial charge in [-0.25, -0.2) is 4.79 Å². The van der Waals surface area contributed by atoms with E-state index >= 15 is 0 Å². The predicted molar refractivity (Wildman–Crippen MR) is 71.1 cm³/mol. The van der Waals surface area contributed by atoms with Crippen LogP contribution in [0.25, 0.3) is 0 Å². The van der Waals surface area contributed by atoms with Crippen molar-refractivity contribution in [3.63, 3.8) is 0 Å². The van der Waals surface area contributed by atoms with Gasteiger partial charge in [-0.15, -0.1) is 0 Å². The van der Waals surface area contributed by atoms with E-state index in [2.05, 4.69) is 0 Å². The summed E-state index contributed by atoms with van der Waals surface area (Å²) in [4.78, 5) is 11.1. The van der Waals surface area contributed by atoms with E-state index in [1.54, 1.807) is 0 Å².